The molecular weight excluding hydrogens is 356 g/mol. The Balaban J connectivity index is 1.57. The molecule has 1 aliphatic heterocycles. The summed E-state index contributed by atoms with van der Waals surface area (Å²) >= 11 is 0. The van der Waals surface area contributed by atoms with Crippen molar-refractivity contribution in [2.45, 2.75) is 51.8 Å². The molecule has 0 radical (unpaired) electrons. The van der Waals surface area contributed by atoms with E-state index in [9.17, 15) is 4.79 Å². The number of nitrogens with zero attached hydrogens (tertiary/aromatic N) is 3. The molecule has 1 fully saturated rings. The fraction of sp³-hybridized carbons (Fsp3) is 0.524. The summed E-state index contributed by atoms with van der Waals surface area (Å²) in [4.78, 5) is 14.3. The van der Waals surface area contributed by atoms with Crippen LogP contribution in [0.15, 0.2) is 36.7 Å². The van der Waals surface area contributed by atoms with Crippen LogP contribution in [0.1, 0.15) is 39.2 Å². The first-order valence-corrected chi connectivity index (χ1v) is 9.72. The lowest BCUT2D eigenvalue weighted by Gasteiger charge is -2.34. The highest BCUT2D eigenvalue weighted by Gasteiger charge is 2.25. The van der Waals surface area contributed by atoms with Crippen LogP contribution in [0.4, 0.5) is 10.5 Å². The molecule has 0 spiro atoms. The van der Waals surface area contributed by atoms with Gasteiger partial charge in [0.25, 0.3) is 0 Å². The number of rotatable bonds is 5. The number of carbonyl (C=O) groups is 1. The summed E-state index contributed by atoms with van der Waals surface area (Å²) in [5, 5.41) is 7.49. The SMILES string of the molecule is COc1ccc(Cn2cc(N3CCC[C@@H](NC(=O)OC(C)(C)C)C3)cn2)cc1. The Morgan fingerprint density at radius 1 is 1.29 bits per heavy atom. The third-order valence-corrected chi connectivity index (χ3v) is 4.63. The zero-order valence-corrected chi connectivity index (χ0v) is 17.1. The normalized spacial score (nSPS) is 17.3. The van der Waals surface area contributed by atoms with Crippen LogP contribution in [0.5, 0.6) is 5.75 Å². The highest BCUT2D eigenvalue weighted by molar-refractivity contribution is 5.68. The lowest BCUT2D eigenvalue weighted by atomic mass is 10.1. The summed E-state index contributed by atoms with van der Waals surface area (Å²) in [5.41, 5.74) is 1.75. The summed E-state index contributed by atoms with van der Waals surface area (Å²) in [6.07, 6.45) is 5.56. The van der Waals surface area contributed by atoms with E-state index in [0.29, 0.717) is 6.54 Å². The smallest absolute Gasteiger partial charge is 0.407 e. The van der Waals surface area contributed by atoms with Gasteiger partial charge in [-0.05, 0) is 51.3 Å². The number of alkyl carbamates (subject to hydrolysis) is 1. The number of ether oxygens (including phenoxy) is 2. The van der Waals surface area contributed by atoms with Crippen molar-refractivity contribution in [3.05, 3.63) is 42.2 Å². The molecule has 1 aromatic carbocycles. The third-order valence-electron chi connectivity index (χ3n) is 4.63. The largest absolute Gasteiger partial charge is 0.497 e. The maximum Gasteiger partial charge on any atom is 0.407 e. The molecule has 0 saturated carbocycles. The van der Waals surface area contributed by atoms with Gasteiger partial charge >= 0.3 is 6.09 Å². The van der Waals surface area contributed by atoms with E-state index in [0.717, 1.165) is 37.4 Å². The number of amides is 1. The van der Waals surface area contributed by atoms with Crippen molar-refractivity contribution in [2.24, 2.45) is 0 Å². The van der Waals surface area contributed by atoms with Gasteiger partial charge in [0, 0.05) is 25.3 Å². The third kappa shape index (κ3) is 5.65. The maximum atomic E-state index is 12.0. The molecule has 1 saturated heterocycles. The first-order valence-electron chi connectivity index (χ1n) is 9.72. The van der Waals surface area contributed by atoms with Crippen LogP contribution in [0.25, 0.3) is 0 Å². The van der Waals surface area contributed by atoms with Gasteiger partial charge in [-0.3, -0.25) is 4.68 Å². The van der Waals surface area contributed by atoms with Gasteiger partial charge in [-0.1, -0.05) is 12.1 Å². The average Bonchev–Trinajstić information content (AvgIpc) is 3.09. The van der Waals surface area contributed by atoms with Gasteiger partial charge in [-0.2, -0.15) is 5.10 Å². The standard InChI is InChI=1S/C21H30N4O3/c1-21(2,3)28-20(26)23-17-6-5-11-24(14-17)18-12-22-25(15-18)13-16-7-9-19(27-4)10-8-16/h7-10,12,15,17H,5-6,11,13-14H2,1-4H3,(H,23,26)/t17-/m1/s1. The molecule has 1 atom stereocenters. The number of benzene rings is 1. The van der Waals surface area contributed by atoms with E-state index in [2.05, 4.69) is 21.5 Å². The van der Waals surface area contributed by atoms with E-state index in [-0.39, 0.29) is 12.1 Å². The van der Waals surface area contributed by atoms with Crippen molar-refractivity contribution in [2.75, 3.05) is 25.1 Å². The number of hydrogen-bond donors (Lipinski definition) is 1. The fourth-order valence-corrected chi connectivity index (χ4v) is 3.32. The second kappa shape index (κ2) is 8.54. The second-order valence-electron chi connectivity index (χ2n) is 8.18. The Kier molecular flexibility index (Phi) is 6.11. The van der Waals surface area contributed by atoms with E-state index in [1.165, 1.54) is 5.56 Å². The Bertz CT molecular complexity index is 780. The average molecular weight is 386 g/mol. The lowest BCUT2D eigenvalue weighted by molar-refractivity contribution is 0.0500. The van der Waals surface area contributed by atoms with Crippen molar-refractivity contribution in [3.8, 4) is 5.75 Å². The van der Waals surface area contributed by atoms with Gasteiger partial charge in [-0.25, -0.2) is 4.79 Å². The molecule has 0 bridgehead atoms. The first-order chi connectivity index (χ1) is 13.3. The second-order valence-corrected chi connectivity index (χ2v) is 8.18. The predicted octanol–water partition coefficient (Wildman–Crippen LogP) is 3.43. The Morgan fingerprint density at radius 2 is 2.04 bits per heavy atom. The first kappa shape index (κ1) is 20.0. The molecule has 152 valence electrons. The number of hydrogen-bond acceptors (Lipinski definition) is 5. The van der Waals surface area contributed by atoms with Crippen molar-refractivity contribution < 1.29 is 14.3 Å². The number of anilines is 1. The quantitative estimate of drug-likeness (QED) is 0.853. The number of piperidine rings is 1. The molecule has 2 heterocycles. The summed E-state index contributed by atoms with van der Waals surface area (Å²) in [7, 11) is 1.67. The summed E-state index contributed by atoms with van der Waals surface area (Å²) in [6, 6.07) is 8.08. The fourth-order valence-electron chi connectivity index (χ4n) is 3.32. The van der Waals surface area contributed by atoms with Crippen LogP contribution in [0.3, 0.4) is 0 Å². The summed E-state index contributed by atoms with van der Waals surface area (Å²) < 4.78 is 12.5. The van der Waals surface area contributed by atoms with Crippen molar-refractivity contribution >= 4 is 11.8 Å². The van der Waals surface area contributed by atoms with Gasteiger partial charge in [0.1, 0.15) is 11.4 Å². The van der Waals surface area contributed by atoms with E-state index >= 15 is 0 Å². The van der Waals surface area contributed by atoms with Crippen molar-refractivity contribution in [1.82, 2.24) is 15.1 Å². The lowest BCUT2D eigenvalue weighted by Crippen LogP contribution is -2.49. The Labute approximate surface area is 166 Å². The number of carbonyl (C=O) groups excluding carboxylic acids is 1. The van der Waals surface area contributed by atoms with E-state index < -0.39 is 5.60 Å². The minimum Gasteiger partial charge on any atom is -0.497 e. The molecule has 7 heteroatoms. The molecule has 7 nitrogen and oxygen atoms in total. The van der Waals surface area contributed by atoms with Gasteiger partial charge in [0.05, 0.1) is 25.5 Å². The molecule has 2 aromatic rings. The highest BCUT2D eigenvalue weighted by Crippen LogP contribution is 2.20. The summed E-state index contributed by atoms with van der Waals surface area (Å²) in [6.45, 7) is 8.04. The van der Waals surface area contributed by atoms with Gasteiger partial charge in [0.15, 0.2) is 0 Å². The van der Waals surface area contributed by atoms with Crippen LogP contribution in [0.2, 0.25) is 0 Å². The van der Waals surface area contributed by atoms with Crippen LogP contribution in [0, 0.1) is 0 Å². The minimum atomic E-state index is -0.485. The summed E-state index contributed by atoms with van der Waals surface area (Å²) in [5.74, 6) is 0.849. The zero-order chi connectivity index (χ0) is 20.1. The molecule has 1 amide bonds. The van der Waals surface area contributed by atoms with Crippen LogP contribution < -0.4 is 15.0 Å². The number of methoxy groups -OCH3 is 1. The molecule has 3 rings (SSSR count). The van der Waals surface area contributed by atoms with Crippen molar-refractivity contribution in [3.63, 3.8) is 0 Å². The van der Waals surface area contributed by atoms with Crippen LogP contribution in [-0.2, 0) is 11.3 Å². The molecule has 28 heavy (non-hydrogen) atoms. The Morgan fingerprint density at radius 3 is 2.71 bits per heavy atom. The van der Waals surface area contributed by atoms with Gasteiger partial charge < -0.3 is 19.7 Å². The van der Waals surface area contributed by atoms with E-state index in [1.54, 1.807) is 7.11 Å². The Hall–Kier alpha value is -2.70. The zero-order valence-electron chi connectivity index (χ0n) is 17.1. The van der Waals surface area contributed by atoms with Crippen LogP contribution >= 0.6 is 0 Å². The van der Waals surface area contributed by atoms with Gasteiger partial charge in [0.2, 0.25) is 0 Å². The van der Waals surface area contributed by atoms with Gasteiger partial charge in [-0.15, -0.1) is 0 Å². The van der Waals surface area contributed by atoms with Crippen molar-refractivity contribution in [1.29, 1.82) is 0 Å². The number of nitrogens with one attached hydrogen (secondary N) is 1. The molecular formula is C21H30N4O3. The molecule has 1 aliphatic rings. The molecule has 0 aliphatic carbocycles. The van der Waals surface area contributed by atoms with E-state index in [4.69, 9.17) is 9.47 Å². The van der Waals surface area contributed by atoms with E-state index in [1.807, 2.05) is 55.9 Å². The molecule has 0 unspecified atom stereocenters. The topological polar surface area (TPSA) is 68.6 Å². The monoisotopic (exact) mass is 386 g/mol. The van der Waals surface area contributed by atoms with Crippen LogP contribution in [-0.4, -0.2) is 47.7 Å². The predicted molar refractivity (Wildman–Crippen MR) is 109 cm³/mol. The maximum absolute atomic E-state index is 12.0. The minimum absolute atomic E-state index is 0.0774. The highest BCUT2D eigenvalue weighted by atomic mass is 16.6. The number of aromatic nitrogens is 2. The molecule has 1 N–H and O–H groups in total. The molecule has 1 aromatic heterocycles.